The van der Waals surface area contributed by atoms with Gasteiger partial charge in [0.25, 0.3) is 0 Å². The Morgan fingerprint density at radius 2 is 1.93 bits per heavy atom. The summed E-state index contributed by atoms with van der Waals surface area (Å²) in [5.41, 5.74) is 1.98. The molecule has 0 unspecified atom stereocenters. The maximum atomic E-state index is 15.0. The third-order valence-electron chi connectivity index (χ3n) is 4.69. The number of halogens is 1. The molecule has 2 aromatic carbocycles. The molecular formula is C21H17FN4O2S. The standard InChI is InChI=1S/C21H17FN4O2S/c22-20-14(12-4-2-1-3-5-12)8-9-15-21(20)29-19(24-15)11-18-26-25-17(28-18)10-16(27)23-13-6-7-13/h1-5,8-9,13H,6-7,10-11H2,(H,23,27). The molecule has 6 nitrogen and oxygen atoms in total. The molecule has 1 fully saturated rings. The predicted octanol–water partition coefficient (Wildman–Crippen LogP) is 3.90. The lowest BCUT2D eigenvalue weighted by atomic mass is 10.1. The van der Waals surface area contributed by atoms with Crippen molar-refractivity contribution in [3.05, 3.63) is 65.1 Å². The van der Waals surface area contributed by atoms with E-state index in [1.165, 1.54) is 11.3 Å². The third kappa shape index (κ3) is 3.88. The number of rotatable bonds is 6. The van der Waals surface area contributed by atoms with Gasteiger partial charge in [0.05, 0.1) is 16.6 Å². The van der Waals surface area contributed by atoms with Crippen LogP contribution in [0.3, 0.4) is 0 Å². The molecule has 8 heteroatoms. The zero-order valence-corrected chi connectivity index (χ0v) is 16.2. The van der Waals surface area contributed by atoms with E-state index in [9.17, 15) is 4.79 Å². The van der Waals surface area contributed by atoms with Gasteiger partial charge in [0.1, 0.15) is 17.2 Å². The lowest BCUT2D eigenvalue weighted by molar-refractivity contribution is -0.120. The topological polar surface area (TPSA) is 80.9 Å². The summed E-state index contributed by atoms with van der Waals surface area (Å²) in [5, 5.41) is 11.5. The Kier molecular flexibility index (Phi) is 4.55. The first-order valence-corrected chi connectivity index (χ1v) is 10.2. The molecule has 29 heavy (non-hydrogen) atoms. The van der Waals surface area contributed by atoms with Crippen LogP contribution in [0.2, 0.25) is 0 Å². The highest BCUT2D eigenvalue weighted by Crippen LogP contribution is 2.33. The molecule has 1 saturated carbocycles. The fourth-order valence-electron chi connectivity index (χ4n) is 3.13. The molecule has 4 aromatic rings. The molecule has 1 aliphatic rings. The zero-order chi connectivity index (χ0) is 19.8. The van der Waals surface area contributed by atoms with Crippen molar-refractivity contribution >= 4 is 27.5 Å². The van der Waals surface area contributed by atoms with Crippen molar-refractivity contribution in [2.45, 2.75) is 31.7 Å². The minimum absolute atomic E-state index is 0.0679. The Morgan fingerprint density at radius 3 is 2.72 bits per heavy atom. The highest BCUT2D eigenvalue weighted by Gasteiger charge is 2.24. The molecule has 0 bridgehead atoms. The van der Waals surface area contributed by atoms with Gasteiger partial charge in [0.2, 0.25) is 17.7 Å². The highest BCUT2D eigenvalue weighted by atomic mass is 32.1. The van der Waals surface area contributed by atoms with Crippen LogP contribution in [0, 0.1) is 5.82 Å². The van der Waals surface area contributed by atoms with E-state index < -0.39 is 0 Å². The summed E-state index contributed by atoms with van der Waals surface area (Å²) >= 11 is 1.27. The molecule has 0 aliphatic heterocycles. The van der Waals surface area contributed by atoms with E-state index in [1.807, 2.05) is 36.4 Å². The lowest BCUT2D eigenvalue weighted by Gasteiger charge is -2.03. The quantitative estimate of drug-likeness (QED) is 0.523. The molecule has 2 heterocycles. The average Bonchev–Trinajstić information content (AvgIpc) is 3.26. The second-order valence-corrected chi connectivity index (χ2v) is 8.12. The van der Waals surface area contributed by atoms with E-state index in [-0.39, 0.29) is 24.0 Å². The van der Waals surface area contributed by atoms with E-state index in [0.29, 0.717) is 39.1 Å². The molecule has 1 aliphatic carbocycles. The van der Waals surface area contributed by atoms with E-state index in [0.717, 1.165) is 18.4 Å². The molecule has 2 aromatic heterocycles. The Morgan fingerprint density at radius 1 is 1.14 bits per heavy atom. The van der Waals surface area contributed by atoms with E-state index in [2.05, 4.69) is 20.5 Å². The molecule has 1 N–H and O–H groups in total. The van der Waals surface area contributed by atoms with Gasteiger partial charge in [-0.25, -0.2) is 9.37 Å². The molecular weight excluding hydrogens is 391 g/mol. The largest absolute Gasteiger partial charge is 0.424 e. The van der Waals surface area contributed by atoms with Crippen LogP contribution in [-0.4, -0.2) is 27.1 Å². The highest BCUT2D eigenvalue weighted by molar-refractivity contribution is 7.18. The molecule has 0 atom stereocenters. The number of thiazole rings is 1. The Labute approximate surface area is 169 Å². The van der Waals surface area contributed by atoms with Crippen LogP contribution in [0.15, 0.2) is 46.9 Å². The summed E-state index contributed by atoms with van der Waals surface area (Å²) in [4.78, 5) is 16.3. The summed E-state index contributed by atoms with van der Waals surface area (Å²) in [7, 11) is 0. The van der Waals surface area contributed by atoms with Gasteiger partial charge >= 0.3 is 0 Å². The SMILES string of the molecule is O=C(Cc1nnc(Cc2nc3ccc(-c4ccccc4)c(F)c3s2)o1)NC1CC1. The van der Waals surface area contributed by atoms with Gasteiger partial charge in [-0.05, 0) is 30.5 Å². The number of aromatic nitrogens is 3. The first-order valence-electron chi connectivity index (χ1n) is 9.39. The van der Waals surface area contributed by atoms with Crippen LogP contribution in [0.1, 0.15) is 29.6 Å². The van der Waals surface area contributed by atoms with Crippen molar-refractivity contribution in [3.63, 3.8) is 0 Å². The van der Waals surface area contributed by atoms with Crippen LogP contribution in [0.5, 0.6) is 0 Å². The Bertz CT molecular complexity index is 1180. The van der Waals surface area contributed by atoms with Crippen LogP contribution in [0.4, 0.5) is 4.39 Å². The Hall–Kier alpha value is -3.13. The van der Waals surface area contributed by atoms with Gasteiger partial charge in [0, 0.05) is 11.6 Å². The molecule has 0 saturated heterocycles. The second kappa shape index (κ2) is 7.36. The second-order valence-electron chi connectivity index (χ2n) is 7.03. The normalized spacial score (nSPS) is 13.7. The summed E-state index contributed by atoms with van der Waals surface area (Å²) in [6.45, 7) is 0. The van der Waals surface area contributed by atoms with Crippen LogP contribution in [0.25, 0.3) is 21.3 Å². The van der Waals surface area contributed by atoms with Crippen LogP contribution < -0.4 is 5.32 Å². The number of carbonyl (C=O) groups is 1. The van der Waals surface area contributed by atoms with Crippen LogP contribution >= 0.6 is 11.3 Å². The number of fused-ring (bicyclic) bond motifs is 1. The van der Waals surface area contributed by atoms with Gasteiger partial charge in [-0.1, -0.05) is 30.3 Å². The maximum Gasteiger partial charge on any atom is 0.229 e. The monoisotopic (exact) mass is 408 g/mol. The summed E-state index contributed by atoms with van der Waals surface area (Å²) in [6, 6.07) is 13.3. The van der Waals surface area contributed by atoms with Crippen molar-refractivity contribution in [1.82, 2.24) is 20.5 Å². The molecule has 1 amide bonds. The van der Waals surface area contributed by atoms with Crippen molar-refractivity contribution in [3.8, 4) is 11.1 Å². The smallest absolute Gasteiger partial charge is 0.229 e. The third-order valence-corrected chi connectivity index (χ3v) is 5.76. The van der Waals surface area contributed by atoms with Crippen molar-refractivity contribution in [2.75, 3.05) is 0 Å². The zero-order valence-electron chi connectivity index (χ0n) is 15.4. The van der Waals surface area contributed by atoms with Crippen molar-refractivity contribution in [1.29, 1.82) is 0 Å². The number of hydrogen-bond donors (Lipinski definition) is 1. The van der Waals surface area contributed by atoms with Crippen LogP contribution in [-0.2, 0) is 17.6 Å². The summed E-state index contributed by atoms with van der Waals surface area (Å²) in [6.07, 6.45) is 2.43. The van der Waals surface area contributed by atoms with E-state index in [4.69, 9.17) is 4.42 Å². The first kappa shape index (κ1) is 17.9. The van der Waals surface area contributed by atoms with E-state index >= 15 is 4.39 Å². The average molecular weight is 408 g/mol. The minimum Gasteiger partial charge on any atom is -0.424 e. The number of amides is 1. The first-order chi connectivity index (χ1) is 14.2. The summed E-state index contributed by atoms with van der Waals surface area (Å²) in [5.74, 6) is 0.248. The number of nitrogens with one attached hydrogen (secondary N) is 1. The van der Waals surface area contributed by atoms with Gasteiger partial charge in [0.15, 0.2) is 0 Å². The molecule has 5 rings (SSSR count). The fourth-order valence-corrected chi connectivity index (χ4v) is 4.12. The number of carbonyl (C=O) groups excluding carboxylic acids is 1. The van der Waals surface area contributed by atoms with E-state index in [1.54, 1.807) is 6.07 Å². The Balaban J connectivity index is 1.34. The molecule has 0 spiro atoms. The van der Waals surface area contributed by atoms with Gasteiger partial charge in [-0.3, -0.25) is 4.79 Å². The van der Waals surface area contributed by atoms with Crippen molar-refractivity contribution in [2.24, 2.45) is 0 Å². The maximum absolute atomic E-state index is 15.0. The number of benzene rings is 2. The van der Waals surface area contributed by atoms with Gasteiger partial charge < -0.3 is 9.73 Å². The van der Waals surface area contributed by atoms with Gasteiger partial charge in [-0.2, -0.15) is 0 Å². The number of nitrogens with zero attached hydrogens (tertiary/aromatic N) is 3. The predicted molar refractivity (Wildman–Crippen MR) is 107 cm³/mol. The van der Waals surface area contributed by atoms with Crippen molar-refractivity contribution < 1.29 is 13.6 Å². The molecule has 146 valence electrons. The summed E-state index contributed by atoms with van der Waals surface area (Å²) < 4.78 is 21.1. The lowest BCUT2D eigenvalue weighted by Crippen LogP contribution is -2.27. The van der Waals surface area contributed by atoms with Gasteiger partial charge in [-0.15, -0.1) is 21.5 Å². The fraction of sp³-hybridized carbons (Fsp3) is 0.238. The molecule has 0 radical (unpaired) electrons. The minimum atomic E-state index is -0.277. The number of hydrogen-bond acceptors (Lipinski definition) is 6.